The number of nitrogens with zero attached hydrogens (tertiary/aromatic N) is 2. The zero-order chi connectivity index (χ0) is 26.3. The average molecular weight is 503 g/mol. The standard InChI is InChI=1S/C34H50N2O/c1-5-9-21-35(22-10-6-2)25-13-15-29-17-19-33-31(27-29)32-28-30(18-20-34(32)37-33)16-14-26-36(23-11-7-3)24-12-8-4/h13-20,27-28H,5-12,21-26H2,1-4H3. The van der Waals surface area contributed by atoms with Crippen molar-refractivity contribution in [2.75, 3.05) is 39.3 Å². The second-order valence-electron chi connectivity index (χ2n) is 10.4. The predicted molar refractivity (Wildman–Crippen MR) is 164 cm³/mol. The van der Waals surface area contributed by atoms with Crippen LogP contribution in [0.3, 0.4) is 0 Å². The van der Waals surface area contributed by atoms with Gasteiger partial charge in [-0.05, 0) is 87.3 Å². The third-order valence-corrected chi connectivity index (χ3v) is 7.18. The molecule has 202 valence electrons. The summed E-state index contributed by atoms with van der Waals surface area (Å²) >= 11 is 0. The first-order valence-corrected chi connectivity index (χ1v) is 14.9. The molecule has 3 nitrogen and oxygen atoms in total. The molecule has 0 N–H and O–H groups in total. The first-order chi connectivity index (χ1) is 18.2. The van der Waals surface area contributed by atoms with Gasteiger partial charge >= 0.3 is 0 Å². The number of furan rings is 1. The summed E-state index contributed by atoms with van der Waals surface area (Å²) in [5.74, 6) is 0. The van der Waals surface area contributed by atoms with Gasteiger partial charge in [0.15, 0.2) is 0 Å². The second-order valence-corrected chi connectivity index (χ2v) is 10.4. The fourth-order valence-electron chi connectivity index (χ4n) is 4.81. The summed E-state index contributed by atoms with van der Waals surface area (Å²) in [5, 5.41) is 2.41. The molecule has 0 spiro atoms. The molecule has 0 saturated heterocycles. The number of hydrogen-bond acceptors (Lipinski definition) is 3. The van der Waals surface area contributed by atoms with Gasteiger partial charge in [0.05, 0.1) is 0 Å². The fraction of sp³-hybridized carbons (Fsp3) is 0.529. The van der Waals surface area contributed by atoms with E-state index in [1.807, 2.05) is 0 Å². The van der Waals surface area contributed by atoms with Crippen LogP contribution in [-0.2, 0) is 0 Å². The summed E-state index contributed by atoms with van der Waals surface area (Å²) in [4.78, 5) is 5.17. The highest BCUT2D eigenvalue weighted by atomic mass is 16.3. The van der Waals surface area contributed by atoms with Gasteiger partial charge in [0.25, 0.3) is 0 Å². The zero-order valence-electron chi connectivity index (χ0n) is 24.0. The van der Waals surface area contributed by atoms with Crippen LogP contribution in [0.5, 0.6) is 0 Å². The average Bonchev–Trinajstić information content (AvgIpc) is 3.28. The van der Waals surface area contributed by atoms with Gasteiger partial charge in [-0.1, -0.05) is 89.8 Å². The Morgan fingerprint density at radius 1 is 0.568 bits per heavy atom. The van der Waals surface area contributed by atoms with Crippen LogP contribution in [0.2, 0.25) is 0 Å². The van der Waals surface area contributed by atoms with Crippen molar-refractivity contribution in [3.63, 3.8) is 0 Å². The van der Waals surface area contributed by atoms with Crippen LogP contribution in [0.25, 0.3) is 34.1 Å². The van der Waals surface area contributed by atoms with E-state index in [-0.39, 0.29) is 0 Å². The first kappa shape index (κ1) is 29.2. The third kappa shape index (κ3) is 9.47. The number of rotatable bonds is 18. The van der Waals surface area contributed by atoms with Crippen LogP contribution in [0.4, 0.5) is 0 Å². The van der Waals surface area contributed by atoms with E-state index < -0.39 is 0 Å². The molecule has 0 bridgehead atoms. The first-order valence-electron chi connectivity index (χ1n) is 14.9. The minimum absolute atomic E-state index is 0.964. The second kappa shape index (κ2) is 16.5. The normalized spacial score (nSPS) is 12.5. The van der Waals surface area contributed by atoms with Gasteiger partial charge in [0.1, 0.15) is 11.2 Å². The van der Waals surface area contributed by atoms with Crippen LogP contribution in [-0.4, -0.2) is 49.1 Å². The smallest absolute Gasteiger partial charge is 0.135 e. The van der Waals surface area contributed by atoms with Crippen LogP contribution in [0, 0.1) is 0 Å². The molecule has 0 radical (unpaired) electrons. The van der Waals surface area contributed by atoms with Gasteiger partial charge in [-0.3, -0.25) is 9.80 Å². The minimum Gasteiger partial charge on any atom is -0.456 e. The monoisotopic (exact) mass is 502 g/mol. The third-order valence-electron chi connectivity index (χ3n) is 7.18. The Morgan fingerprint density at radius 2 is 0.946 bits per heavy atom. The van der Waals surface area contributed by atoms with Gasteiger partial charge in [0, 0.05) is 23.9 Å². The Kier molecular flexibility index (Phi) is 13.0. The number of fused-ring (bicyclic) bond motifs is 3. The predicted octanol–water partition coefficient (Wildman–Crippen LogP) is 9.42. The van der Waals surface area contributed by atoms with E-state index in [1.54, 1.807) is 0 Å². The Bertz CT molecular complexity index is 1010. The largest absolute Gasteiger partial charge is 0.456 e. The van der Waals surface area contributed by atoms with Crippen molar-refractivity contribution in [3.05, 3.63) is 59.7 Å². The summed E-state index contributed by atoms with van der Waals surface area (Å²) in [5.41, 5.74) is 4.41. The van der Waals surface area contributed by atoms with Crippen LogP contribution >= 0.6 is 0 Å². The van der Waals surface area contributed by atoms with Crippen molar-refractivity contribution < 1.29 is 4.42 Å². The van der Waals surface area contributed by atoms with E-state index in [2.05, 4.69) is 98.2 Å². The van der Waals surface area contributed by atoms with E-state index in [1.165, 1.54) is 99.4 Å². The lowest BCUT2D eigenvalue weighted by Gasteiger charge is -2.19. The van der Waals surface area contributed by atoms with Gasteiger partial charge in [-0.25, -0.2) is 0 Å². The highest BCUT2D eigenvalue weighted by Crippen LogP contribution is 2.31. The maximum absolute atomic E-state index is 6.16. The van der Waals surface area contributed by atoms with E-state index in [9.17, 15) is 0 Å². The van der Waals surface area contributed by atoms with Crippen molar-refractivity contribution in [1.82, 2.24) is 9.80 Å². The summed E-state index contributed by atoms with van der Waals surface area (Å²) in [6.45, 7) is 15.9. The molecular weight excluding hydrogens is 452 g/mol. The highest BCUT2D eigenvalue weighted by Gasteiger charge is 2.08. The molecule has 0 aliphatic carbocycles. The maximum Gasteiger partial charge on any atom is 0.135 e. The summed E-state index contributed by atoms with van der Waals surface area (Å²) in [6.07, 6.45) is 19.3. The molecule has 3 aromatic rings. The molecule has 3 rings (SSSR count). The lowest BCUT2D eigenvalue weighted by atomic mass is 10.1. The number of unbranched alkanes of at least 4 members (excludes halogenated alkanes) is 4. The lowest BCUT2D eigenvalue weighted by Crippen LogP contribution is -2.26. The molecule has 0 aliphatic heterocycles. The SMILES string of the molecule is CCCCN(CC=Cc1ccc2oc3ccc(C=CCN(CCCC)CCCC)cc3c2c1)CCCC. The molecule has 0 fully saturated rings. The van der Waals surface area contributed by atoms with Gasteiger partial charge in [-0.15, -0.1) is 0 Å². The van der Waals surface area contributed by atoms with Crippen LogP contribution in [0.15, 0.2) is 53.0 Å². The Labute approximate surface area is 226 Å². The van der Waals surface area contributed by atoms with Crippen molar-refractivity contribution in [1.29, 1.82) is 0 Å². The highest BCUT2D eigenvalue weighted by molar-refractivity contribution is 6.06. The van der Waals surface area contributed by atoms with Crippen molar-refractivity contribution in [2.24, 2.45) is 0 Å². The molecule has 37 heavy (non-hydrogen) atoms. The van der Waals surface area contributed by atoms with E-state index in [0.29, 0.717) is 0 Å². The molecule has 0 atom stereocenters. The van der Waals surface area contributed by atoms with E-state index >= 15 is 0 Å². The number of hydrogen-bond donors (Lipinski definition) is 0. The van der Waals surface area contributed by atoms with Crippen molar-refractivity contribution in [2.45, 2.75) is 79.1 Å². The van der Waals surface area contributed by atoms with Crippen LogP contribution in [0.1, 0.15) is 90.2 Å². The van der Waals surface area contributed by atoms with Crippen molar-refractivity contribution in [3.8, 4) is 0 Å². The Hall–Kier alpha value is -2.36. The molecule has 0 saturated carbocycles. The zero-order valence-corrected chi connectivity index (χ0v) is 24.0. The van der Waals surface area contributed by atoms with Gasteiger partial charge in [-0.2, -0.15) is 0 Å². The van der Waals surface area contributed by atoms with Crippen LogP contribution < -0.4 is 0 Å². The summed E-state index contributed by atoms with van der Waals surface area (Å²) < 4.78 is 6.16. The number of benzene rings is 2. The Morgan fingerprint density at radius 3 is 1.30 bits per heavy atom. The molecule has 3 heteroatoms. The Balaban J connectivity index is 1.71. The van der Waals surface area contributed by atoms with E-state index in [4.69, 9.17) is 4.42 Å². The molecular formula is C34H50N2O. The van der Waals surface area contributed by atoms with E-state index in [0.717, 1.165) is 24.3 Å². The summed E-state index contributed by atoms with van der Waals surface area (Å²) in [7, 11) is 0. The fourth-order valence-corrected chi connectivity index (χ4v) is 4.81. The minimum atomic E-state index is 0.964. The molecule has 0 aliphatic rings. The molecule has 1 heterocycles. The molecule has 0 unspecified atom stereocenters. The quantitative estimate of drug-likeness (QED) is 0.173. The topological polar surface area (TPSA) is 19.6 Å². The molecule has 0 amide bonds. The lowest BCUT2D eigenvalue weighted by molar-refractivity contribution is 0.293. The van der Waals surface area contributed by atoms with Gasteiger partial charge < -0.3 is 4.42 Å². The molecule has 1 aromatic heterocycles. The summed E-state index contributed by atoms with van der Waals surface area (Å²) in [6, 6.07) is 13.2. The maximum atomic E-state index is 6.16. The van der Waals surface area contributed by atoms with Crippen molar-refractivity contribution >= 4 is 34.1 Å². The van der Waals surface area contributed by atoms with Gasteiger partial charge in [0.2, 0.25) is 0 Å². The molecule has 2 aromatic carbocycles.